The van der Waals surface area contributed by atoms with Crippen molar-refractivity contribution in [1.29, 1.82) is 0 Å². The summed E-state index contributed by atoms with van der Waals surface area (Å²) in [7, 11) is 0. The van der Waals surface area contributed by atoms with Gasteiger partial charge in [-0.1, -0.05) is 17.4 Å². The molecule has 0 unspecified atom stereocenters. The largest absolute Gasteiger partial charge is 0.378 e. The zero-order valence-electron chi connectivity index (χ0n) is 12.9. The predicted octanol–water partition coefficient (Wildman–Crippen LogP) is 1.94. The number of imidazole rings is 1. The summed E-state index contributed by atoms with van der Waals surface area (Å²) < 4.78 is 7.24. The van der Waals surface area contributed by atoms with Crippen molar-refractivity contribution in [3.8, 4) is 0 Å². The van der Waals surface area contributed by atoms with E-state index < -0.39 is 0 Å². The maximum atomic E-state index is 5.42. The molecule has 23 heavy (non-hydrogen) atoms. The third-order valence-corrected chi connectivity index (χ3v) is 4.65. The van der Waals surface area contributed by atoms with Crippen molar-refractivity contribution in [3.63, 3.8) is 0 Å². The van der Waals surface area contributed by atoms with Gasteiger partial charge in [-0.05, 0) is 13.0 Å². The Labute approximate surface area is 137 Å². The Hall–Kier alpha value is -2.19. The molecular formula is C15H18N6OS. The molecule has 120 valence electrons. The van der Waals surface area contributed by atoms with E-state index in [4.69, 9.17) is 4.74 Å². The van der Waals surface area contributed by atoms with Crippen molar-refractivity contribution >= 4 is 27.2 Å². The highest BCUT2D eigenvalue weighted by Gasteiger charge is 2.16. The summed E-state index contributed by atoms with van der Waals surface area (Å²) in [4.78, 5) is 12.2. The van der Waals surface area contributed by atoms with Crippen molar-refractivity contribution in [3.05, 3.63) is 35.8 Å². The highest BCUT2D eigenvalue weighted by molar-refractivity contribution is 7.20. The topological polar surface area (TPSA) is 67.6 Å². The van der Waals surface area contributed by atoms with Gasteiger partial charge in [-0.2, -0.15) is 0 Å². The molecule has 0 spiro atoms. The van der Waals surface area contributed by atoms with Gasteiger partial charge in [0.1, 0.15) is 5.82 Å². The van der Waals surface area contributed by atoms with Crippen LogP contribution in [0.25, 0.3) is 4.96 Å². The van der Waals surface area contributed by atoms with Crippen LogP contribution in [0.4, 0.5) is 10.9 Å². The smallest absolute Gasteiger partial charge is 0.214 e. The van der Waals surface area contributed by atoms with Gasteiger partial charge in [0.25, 0.3) is 0 Å². The van der Waals surface area contributed by atoms with E-state index in [9.17, 15) is 0 Å². The van der Waals surface area contributed by atoms with Crippen LogP contribution in [0.2, 0.25) is 0 Å². The van der Waals surface area contributed by atoms with Crippen LogP contribution in [-0.2, 0) is 11.3 Å². The van der Waals surface area contributed by atoms with E-state index in [1.807, 2.05) is 29.9 Å². The van der Waals surface area contributed by atoms with Gasteiger partial charge in [0.05, 0.1) is 25.1 Å². The zero-order chi connectivity index (χ0) is 15.6. The third kappa shape index (κ3) is 2.99. The Morgan fingerprint density at radius 2 is 2.22 bits per heavy atom. The monoisotopic (exact) mass is 330 g/mol. The first kappa shape index (κ1) is 14.4. The molecule has 0 amide bonds. The van der Waals surface area contributed by atoms with Crippen LogP contribution in [0.1, 0.15) is 11.3 Å². The highest BCUT2D eigenvalue weighted by atomic mass is 32.1. The van der Waals surface area contributed by atoms with Gasteiger partial charge in [-0.25, -0.2) is 14.5 Å². The standard InChI is InChI=1S/C15H18N6OS/c1-11-10-21-15(18-11)23-14(19-21)17-9-12-3-2-4-16-13(12)20-5-7-22-8-6-20/h2-4,10H,5-9H2,1H3,(H,17,19). The van der Waals surface area contributed by atoms with Gasteiger partial charge in [-0.15, -0.1) is 5.10 Å². The maximum absolute atomic E-state index is 5.42. The van der Waals surface area contributed by atoms with E-state index in [-0.39, 0.29) is 0 Å². The molecule has 7 nitrogen and oxygen atoms in total. The molecule has 0 aliphatic carbocycles. The van der Waals surface area contributed by atoms with E-state index in [0.717, 1.165) is 47.9 Å². The molecule has 1 aliphatic heterocycles. The Bertz CT molecular complexity index is 776. The predicted molar refractivity (Wildman–Crippen MR) is 90.2 cm³/mol. The van der Waals surface area contributed by atoms with Crippen LogP contribution in [0.5, 0.6) is 0 Å². The molecule has 1 aliphatic rings. The zero-order valence-corrected chi connectivity index (χ0v) is 13.7. The summed E-state index contributed by atoms with van der Waals surface area (Å²) in [5, 5.41) is 8.75. The Balaban J connectivity index is 1.50. The number of rotatable bonds is 4. The summed E-state index contributed by atoms with van der Waals surface area (Å²) in [5.41, 5.74) is 2.15. The Morgan fingerprint density at radius 1 is 1.35 bits per heavy atom. The molecule has 0 bridgehead atoms. The number of fused-ring (bicyclic) bond motifs is 1. The Morgan fingerprint density at radius 3 is 3.04 bits per heavy atom. The van der Waals surface area contributed by atoms with Gasteiger partial charge in [0, 0.05) is 31.4 Å². The summed E-state index contributed by atoms with van der Waals surface area (Å²) in [6.07, 6.45) is 3.77. The summed E-state index contributed by atoms with van der Waals surface area (Å²) >= 11 is 1.55. The van der Waals surface area contributed by atoms with Crippen molar-refractivity contribution in [2.45, 2.75) is 13.5 Å². The molecule has 4 heterocycles. The summed E-state index contributed by atoms with van der Waals surface area (Å²) in [6.45, 7) is 5.94. The number of hydrogen-bond donors (Lipinski definition) is 1. The minimum absolute atomic E-state index is 0.691. The molecule has 8 heteroatoms. The van der Waals surface area contributed by atoms with Crippen molar-refractivity contribution < 1.29 is 4.74 Å². The molecule has 1 fully saturated rings. The van der Waals surface area contributed by atoms with Gasteiger partial charge in [0.15, 0.2) is 0 Å². The molecule has 3 aromatic rings. The highest BCUT2D eigenvalue weighted by Crippen LogP contribution is 2.22. The number of pyridine rings is 1. The molecular weight excluding hydrogens is 312 g/mol. The van der Waals surface area contributed by atoms with Crippen LogP contribution in [-0.4, -0.2) is 45.9 Å². The normalized spacial score (nSPS) is 15.3. The molecule has 0 aromatic carbocycles. The fourth-order valence-electron chi connectivity index (χ4n) is 2.68. The molecule has 1 saturated heterocycles. The first-order chi connectivity index (χ1) is 11.3. The Kier molecular flexibility index (Phi) is 3.84. The van der Waals surface area contributed by atoms with Crippen molar-refractivity contribution in [2.24, 2.45) is 0 Å². The van der Waals surface area contributed by atoms with E-state index in [2.05, 4.69) is 31.3 Å². The van der Waals surface area contributed by atoms with Gasteiger partial charge in [0.2, 0.25) is 10.1 Å². The molecule has 0 radical (unpaired) electrons. The fraction of sp³-hybridized carbons (Fsp3) is 0.400. The average molecular weight is 330 g/mol. The van der Waals surface area contributed by atoms with Crippen LogP contribution in [0.15, 0.2) is 24.5 Å². The second-order valence-corrected chi connectivity index (χ2v) is 6.41. The van der Waals surface area contributed by atoms with Crippen LogP contribution in [0.3, 0.4) is 0 Å². The lowest BCUT2D eigenvalue weighted by atomic mass is 10.2. The second kappa shape index (κ2) is 6.13. The average Bonchev–Trinajstić information content (AvgIpc) is 3.11. The third-order valence-electron chi connectivity index (χ3n) is 3.77. The van der Waals surface area contributed by atoms with Crippen LogP contribution < -0.4 is 10.2 Å². The lowest BCUT2D eigenvalue weighted by Crippen LogP contribution is -2.37. The first-order valence-electron chi connectivity index (χ1n) is 7.63. The van der Waals surface area contributed by atoms with E-state index in [0.29, 0.717) is 6.54 Å². The number of nitrogens with one attached hydrogen (secondary N) is 1. The number of anilines is 2. The van der Waals surface area contributed by atoms with Gasteiger partial charge in [-0.3, -0.25) is 0 Å². The van der Waals surface area contributed by atoms with Crippen LogP contribution >= 0.6 is 11.3 Å². The molecule has 4 rings (SSSR count). The van der Waals surface area contributed by atoms with E-state index in [1.165, 1.54) is 5.56 Å². The second-order valence-electron chi connectivity index (χ2n) is 5.46. The minimum Gasteiger partial charge on any atom is -0.378 e. The van der Waals surface area contributed by atoms with Gasteiger partial charge < -0.3 is 15.0 Å². The SMILES string of the molecule is Cc1cn2nc(NCc3cccnc3N3CCOCC3)sc2n1. The summed E-state index contributed by atoms with van der Waals surface area (Å²) in [5.74, 6) is 1.03. The molecule has 0 atom stereocenters. The van der Waals surface area contributed by atoms with Crippen LogP contribution in [0, 0.1) is 6.92 Å². The first-order valence-corrected chi connectivity index (χ1v) is 8.44. The number of aromatic nitrogens is 4. The van der Waals surface area contributed by atoms with Crippen molar-refractivity contribution in [1.82, 2.24) is 19.6 Å². The molecule has 0 saturated carbocycles. The lowest BCUT2D eigenvalue weighted by molar-refractivity contribution is 0.122. The number of hydrogen-bond acceptors (Lipinski definition) is 7. The number of morpholine rings is 1. The molecule has 1 N–H and O–H groups in total. The van der Waals surface area contributed by atoms with E-state index >= 15 is 0 Å². The number of ether oxygens (including phenoxy) is 1. The minimum atomic E-state index is 0.691. The number of nitrogens with zero attached hydrogens (tertiary/aromatic N) is 5. The quantitative estimate of drug-likeness (QED) is 0.788. The lowest BCUT2D eigenvalue weighted by Gasteiger charge is -2.29. The van der Waals surface area contributed by atoms with E-state index in [1.54, 1.807) is 11.3 Å². The number of aryl methyl sites for hydroxylation is 1. The fourth-order valence-corrected chi connectivity index (χ4v) is 3.50. The van der Waals surface area contributed by atoms with Gasteiger partial charge >= 0.3 is 0 Å². The summed E-state index contributed by atoms with van der Waals surface area (Å²) in [6, 6.07) is 4.08. The molecule has 3 aromatic heterocycles. The maximum Gasteiger partial charge on any atom is 0.214 e. The van der Waals surface area contributed by atoms with Crippen molar-refractivity contribution in [2.75, 3.05) is 36.5 Å².